The number of hydrogen-bond donors (Lipinski definition) is 1. The molecule has 1 N–H and O–H groups in total. The zero-order valence-electron chi connectivity index (χ0n) is 11.0. The van der Waals surface area contributed by atoms with Gasteiger partial charge < -0.3 is 10.1 Å². The van der Waals surface area contributed by atoms with Crippen LogP contribution in [0.5, 0.6) is 5.75 Å². The molecule has 0 saturated carbocycles. The summed E-state index contributed by atoms with van der Waals surface area (Å²) in [4.78, 5) is 0. The Balaban J connectivity index is 1.84. The van der Waals surface area contributed by atoms with Gasteiger partial charge in [-0.2, -0.15) is 5.10 Å². The molecule has 3 aromatic rings. The number of benzene rings is 1. The zero-order chi connectivity index (χ0) is 13.9. The van der Waals surface area contributed by atoms with Crippen LogP contribution >= 0.6 is 11.6 Å². The van der Waals surface area contributed by atoms with Crippen molar-refractivity contribution in [3.05, 3.63) is 59.4 Å². The minimum absolute atomic E-state index is 0.657. The van der Waals surface area contributed by atoms with Crippen LogP contribution < -0.4 is 10.1 Å². The lowest BCUT2D eigenvalue weighted by Gasteiger charge is -2.11. The van der Waals surface area contributed by atoms with Crippen molar-refractivity contribution >= 4 is 22.8 Å². The fourth-order valence-corrected chi connectivity index (χ4v) is 2.30. The second kappa shape index (κ2) is 5.43. The maximum atomic E-state index is 6.02. The third-order valence-corrected chi connectivity index (χ3v) is 3.37. The van der Waals surface area contributed by atoms with Crippen LogP contribution in [0.4, 0.5) is 5.69 Å². The van der Waals surface area contributed by atoms with Gasteiger partial charge in [0, 0.05) is 23.3 Å². The molecule has 0 aliphatic rings. The summed E-state index contributed by atoms with van der Waals surface area (Å²) in [7, 11) is 1.64. The minimum Gasteiger partial charge on any atom is -0.495 e. The second-order valence-electron chi connectivity index (χ2n) is 4.40. The van der Waals surface area contributed by atoms with E-state index in [0.717, 1.165) is 22.5 Å². The quantitative estimate of drug-likeness (QED) is 0.797. The van der Waals surface area contributed by atoms with Gasteiger partial charge in [-0.3, -0.25) is 0 Å². The summed E-state index contributed by atoms with van der Waals surface area (Å²) in [5, 5.41) is 8.32. The van der Waals surface area contributed by atoms with E-state index in [1.54, 1.807) is 13.2 Å². The maximum absolute atomic E-state index is 6.02. The molecule has 0 aliphatic heterocycles. The molecule has 2 aromatic heterocycles. The van der Waals surface area contributed by atoms with Crippen molar-refractivity contribution in [3.63, 3.8) is 0 Å². The van der Waals surface area contributed by atoms with Gasteiger partial charge in [0.25, 0.3) is 0 Å². The van der Waals surface area contributed by atoms with Crippen LogP contribution in [0.3, 0.4) is 0 Å². The molecule has 3 rings (SSSR count). The molecule has 0 spiro atoms. The van der Waals surface area contributed by atoms with Crippen molar-refractivity contribution < 1.29 is 4.74 Å². The predicted octanol–water partition coefficient (Wildman–Crippen LogP) is 3.61. The van der Waals surface area contributed by atoms with Crippen LogP contribution in [-0.4, -0.2) is 16.7 Å². The summed E-state index contributed by atoms with van der Waals surface area (Å²) in [6.07, 6.45) is 3.79. The topological polar surface area (TPSA) is 38.6 Å². The molecular formula is C15H14ClN3O. The minimum atomic E-state index is 0.657. The lowest BCUT2D eigenvalue weighted by molar-refractivity contribution is 0.416. The Kier molecular flexibility index (Phi) is 3.48. The maximum Gasteiger partial charge on any atom is 0.142 e. The summed E-state index contributed by atoms with van der Waals surface area (Å²) in [5.41, 5.74) is 3.07. The van der Waals surface area contributed by atoms with Crippen LogP contribution in [0.25, 0.3) is 5.52 Å². The third kappa shape index (κ3) is 2.42. The van der Waals surface area contributed by atoms with E-state index in [4.69, 9.17) is 16.3 Å². The van der Waals surface area contributed by atoms with Crippen LogP contribution in [0.15, 0.2) is 48.8 Å². The fourth-order valence-electron chi connectivity index (χ4n) is 2.13. The third-order valence-electron chi connectivity index (χ3n) is 3.14. The Morgan fingerprint density at radius 2 is 2.20 bits per heavy atom. The molecule has 4 nitrogen and oxygen atoms in total. The van der Waals surface area contributed by atoms with E-state index in [1.807, 2.05) is 47.2 Å². The Bertz CT molecular complexity index is 739. The number of halogens is 1. The molecule has 0 amide bonds. The number of methoxy groups -OCH3 is 1. The first kappa shape index (κ1) is 12.8. The normalized spacial score (nSPS) is 10.7. The Hall–Kier alpha value is -2.20. The fraction of sp³-hybridized carbons (Fsp3) is 0.133. The van der Waals surface area contributed by atoms with E-state index >= 15 is 0 Å². The van der Waals surface area contributed by atoms with E-state index in [0.29, 0.717) is 11.6 Å². The monoisotopic (exact) mass is 287 g/mol. The summed E-state index contributed by atoms with van der Waals surface area (Å²) in [5.74, 6) is 0.769. The first-order valence-electron chi connectivity index (χ1n) is 6.26. The highest BCUT2D eigenvalue weighted by atomic mass is 35.5. The SMILES string of the molecule is COc1ccc(Cl)cc1NCc1cnn2ccccc12. The Morgan fingerprint density at radius 1 is 1.30 bits per heavy atom. The molecule has 20 heavy (non-hydrogen) atoms. The van der Waals surface area contributed by atoms with E-state index in [9.17, 15) is 0 Å². The van der Waals surface area contributed by atoms with Crippen molar-refractivity contribution in [2.45, 2.75) is 6.54 Å². The molecule has 102 valence electrons. The number of rotatable bonds is 4. The molecule has 0 radical (unpaired) electrons. The van der Waals surface area contributed by atoms with Crippen molar-refractivity contribution in [1.82, 2.24) is 9.61 Å². The van der Waals surface area contributed by atoms with Gasteiger partial charge in [0.15, 0.2) is 0 Å². The molecule has 2 heterocycles. The first-order valence-corrected chi connectivity index (χ1v) is 6.64. The van der Waals surface area contributed by atoms with E-state index in [1.165, 1.54) is 0 Å². The average molecular weight is 288 g/mol. The number of nitrogens with one attached hydrogen (secondary N) is 1. The number of fused-ring (bicyclic) bond motifs is 1. The van der Waals surface area contributed by atoms with Crippen LogP contribution in [0.1, 0.15) is 5.56 Å². The summed E-state index contributed by atoms with van der Waals surface area (Å²) in [6.45, 7) is 0.657. The highest BCUT2D eigenvalue weighted by Gasteiger charge is 2.06. The van der Waals surface area contributed by atoms with Gasteiger partial charge in [0.2, 0.25) is 0 Å². The van der Waals surface area contributed by atoms with Crippen molar-refractivity contribution in [2.75, 3.05) is 12.4 Å². The number of pyridine rings is 1. The number of ether oxygens (including phenoxy) is 1. The van der Waals surface area contributed by atoms with Gasteiger partial charge in [0.1, 0.15) is 5.75 Å². The molecule has 5 heteroatoms. The van der Waals surface area contributed by atoms with Gasteiger partial charge in [-0.15, -0.1) is 0 Å². The smallest absolute Gasteiger partial charge is 0.142 e. The van der Waals surface area contributed by atoms with Gasteiger partial charge in [-0.25, -0.2) is 4.52 Å². The Labute approximate surface area is 121 Å². The highest BCUT2D eigenvalue weighted by molar-refractivity contribution is 6.30. The van der Waals surface area contributed by atoms with E-state index in [2.05, 4.69) is 10.4 Å². The van der Waals surface area contributed by atoms with Crippen molar-refractivity contribution in [1.29, 1.82) is 0 Å². The van der Waals surface area contributed by atoms with Crippen LogP contribution in [0.2, 0.25) is 5.02 Å². The molecular weight excluding hydrogens is 274 g/mol. The lowest BCUT2D eigenvalue weighted by Crippen LogP contribution is -2.01. The molecule has 0 fully saturated rings. The first-order chi connectivity index (χ1) is 9.78. The molecule has 0 atom stereocenters. The zero-order valence-corrected chi connectivity index (χ0v) is 11.8. The molecule has 1 aromatic carbocycles. The van der Waals surface area contributed by atoms with Gasteiger partial charge in [0.05, 0.1) is 24.5 Å². The number of aromatic nitrogens is 2. The van der Waals surface area contributed by atoms with Gasteiger partial charge in [-0.1, -0.05) is 17.7 Å². The predicted molar refractivity (Wildman–Crippen MR) is 80.5 cm³/mol. The lowest BCUT2D eigenvalue weighted by atomic mass is 10.2. The Morgan fingerprint density at radius 3 is 3.05 bits per heavy atom. The summed E-state index contributed by atoms with van der Waals surface area (Å²) in [6, 6.07) is 11.5. The van der Waals surface area contributed by atoms with Crippen LogP contribution in [-0.2, 0) is 6.54 Å². The average Bonchev–Trinajstić information content (AvgIpc) is 2.88. The highest BCUT2D eigenvalue weighted by Crippen LogP contribution is 2.28. The van der Waals surface area contributed by atoms with Crippen molar-refractivity contribution in [2.24, 2.45) is 0 Å². The number of nitrogens with zero attached hydrogens (tertiary/aromatic N) is 2. The molecule has 0 unspecified atom stereocenters. The summed E-state index contributed by atoms with van der Waals surface area (Å²) < 4.78 is 7.17. The number of anilines is 1. The van der Waals surface area contributed by atoms with E-state index in [-0.39, 0.29) is 0 Å². The standard InChI is InChI=1S/C15H14ClN3O/c1-20-15-6-5-12(16)8-13(15)17-9-11-10-18-19-7-3-2-4-14(11)19/h2-8,10,17H,9H2,1H3. The molecule has 0 bridgehead atoms. The van der Waals surface area contributed by atoms with Gasteiger partial charge >= 0.3 is 0 Å². The molecule has 0 aliphatic carbocycles. The summed E-state index contributed by atoms with van der Waals surface area (Å²) >= 11 is 6.02. The molecule has 0 saturated heterocycles. The number of hydrogen-bond acceptors (Lipinski definition) is 3. The van der Waals surface area contributed by atoms with Crippen LogP contribution in [0, 0.1) is 0 Å². The van der Waals surface area contributed by atoms with E-state index < -0.39 is 0 Å². The van der Waals surface area contributed by atoms with Crippen molar-refractivity contribution in [3.8, 4) is 5.75 Å². The van der Waals surface area contributed by atoms with Gasteiger partial charge in [-0.05, 0) is 30.3 Å². The second-order valence-corrected chi connectivity index (χ2v) is 4.83. The largest absolute Gasteiger partial charge is 0.495 e.